The molecule has 0 N–H and O–H groups in total. The van der Waals surface area contributed by atoms with Crippen LogP contribution in [0.3, 0.4) is 0 Å². The Bertz CT molecular complexity index is 260. The van der Waals surface area contributed by atoms with Crippen molar-refractivity contribution in [3.8, 4) is 0 Å². The summed E-state index contributed by atoms with van der Waals surface area (Å²) in [5, 5.41) is 0. The molecule has 2 heteroatoms. The van der Waals surface area contributed by atoms with Crippen LogP contribution in [0.5, 0.6) is 0 Å². The molecule has 0 aromatic heterocycles. The van der Waals surface area contributed by atoms with Gasteiger partial charge in [-0.2, -0.15) is 0 Å². The molecule has 2 nitrogen and oxygen atoms in total. The number of amides is 1. The Kier molecular flexibility index (Phi) is 6.19. The molecule has 0 spiro atoms. The molecule has 1 aliphatic heterocycles. The van der Waals surface area contributed by atoms with Crippen molar-refractivity contribution >= 4 is 5.91 Å². The second-order valence-corrected chi connectivity index (χ2v) is 6.63. The van der Waals surface area contributed by atoms with E-state index in [9.17, 15) is 4.79 Å². The van der Waals surface area contributed by atoms with Gasteiger partial charge in [-0.05, 0) is 31.1 Å². The lowest BCUT2D eigenvalue weighted by Gasteiger charge is -2.32. The average Bonchev–Trinajstić information content (AvgIpc) is 2.73. The highest BCUT2D eigenvalue weighted by Crippen LogP contribution is 2.27. The Morgan fingerprint density at radius 2 is 1.58 bits per heavy atom. The van der Waals surface area contributed by atoms with Crippen molar-refractivity contribution < 1.29 is 4.79 Å². The van der Waals surface area contributed by atoms with E-state index in [0.29, 0.717) is 5.91 Å². The van der Waals surface area contributed by atoms with E-state index in [1.54, 1.807) is 0 Å². The van der Waals surface area contributed by atoms with Crippen LogP contribution in [0.15, 0.2) is 0 Å². The molecule has 1 saturated heterocycles. The van der Waals surface area contributed by atoms with Crippen LogP contribution in [0.25, 0.3) is 0 Å². The van der Waals surface area contributed by atoms with Crippen molar-refractivity contribution in [1.29, 1.82) is 0 Å². The molecule has 2 rings (SSSR count). The highest BCUT2D eigenvalue weighted by molar-refractivity contribution is 5.76. The largest absolute Gasteiger partial charge is 0.343 e. The van der Waals surface area contributed by atoms with E-state index in [2.05, 4.69) is 11.8 Å². The number of rotatable bonds is 4. The van der Waals surface area contributed by atoms with E-state index in [1.807, 2.05) is 0 Å². The molecule has 1 saturated carbocycles. The second kappa shape index (κ2) is 7.91. The third-order valence-corrected chi connectivity index (χ3v) is 5.29. The monoisotopic (exact) mass is 265 g/mol. The predicted molar refractivity (Wildman–Crippen MR) is 80.0 cm³/mol. The first-order valence-electron chi connectivity index (χ1n) is 8.57. The minimum absolute atomic E-state index is 0.429. The van der Waals surface area contributed by atoms with E-state index >= 15 is 0 Å². The molecule has 1 amide bonds. The number of carbonyl (C=O) groups is 1. The van der Waals surface area contributed by atoms with Gasteiger partial charge in [0.1, 0.15) is 0 Å². The summed E-state index contributed by atoms with van der Waals surface area (Å²) in [5.74, 6) is 2.13. The highest BCUT2D eigenvalue weighted by atomic mass is 16.2. The van der Waals surface area contributed by atoms with Gasteiger partial charge in [-0.15, -0.1) is 0 Å². The molecule has 0 unspecified atom stereocenters. The third-order valence-electron chi connectivity index (χ3n) is 5.29. The minimum atomic E-state index is 0.429. The van der Waals surface area contributed by atoms with Gasteiger partial charge in [-0.1, -0.05) is 51.9 Å². The van der Waals surface area contributed by atoms with Crippen LogP contribution >= 0.6 is 0 Å². The summed E-state index contributed by atoms with van der Waals surface area (Å²) in [6.45, 7) is 4.30. The lowest BCUT2D eigenvalue weighted by molar-refractivity contribution is -0.132. The average molecular weight is 265 g/mol. The van der Waals surface area contributed by atoms with Crippen LogP contribution in [0, 0.1) is 11.8 Å². The maximum atomic E-state index is 12.2. The number of piperidine rings is 1. The van der Waals surface area contributed by atoms with Gasteiger partial charge in [-0.3, -0.25) is 4.79 Å². The number of hydrogen-bond acceptors (Lipinski definition) is 1. The molecule has 2 aliphatic rings. The Labute approximate surface area is 118 Å². The van der Waals surface area contributed by atoms with Crippen LogP contribution in [0.1, 0.15) is 77.6 Å². The fraction of sp³-hybridized carbons (Fsp3) is 0.941. The van der Waals surface area contributed by atoms with Crippen molar-refractivity contribution in [3.63, 3.8) is 0 Å². The molecule has 1 heterocycles. The maximum Gasteiger partial charge on any atom is 0.222 e. The Morgan fingerprint density at radius 3 is 2.16 bits per heavy atom. The van der Waals surface area contributed by atoms with Gasteiger partial charge in [0, 0.05) is 19.5 Å². The van der Waals surface area contributed by atoms with Crippen molar-refractivity contribution in [2.45, 2.75) is 77.6 Å². The summed E-state index contributed by atoms with van der Waals surface area (Å²) >= 11 is 0. The standard InChI is InChI=1S/C17H31NO/c1-2-15-11-13-18(14-12-15)17(19)10-9-16-7-5-3-4-6-8-16/h15-16H,2-14H2,1H3. The zero-order valence-corrected chi connectivity index (χ0v) is 12.7. The lowest BCUT2D eigenvalue weighted by Crippen LogP contribution is -2.38. The van der Waals surface area contributed by atoms with Gasteiger partial charge in [0.25, 0.3) is 0 Å². The molecule has 0 bridgehead atoms. The number of nitrogens with zero attached hydrogens (tertiary/aromatic N) is 1. The van der Waals surface area contributed by atoms with E-state index in [-0.39, 0.29) is 0 Å². The van der Waals surface area contributed by atoms with Crippen LogP contribution in [-0.4, -0.2) is 23.9 Å². The first-order chi connectivity index (χ1) is 9.29. The van der Waals surface area contributed by atoms with Crippen LogP contribution in [0.4, 0.5) is 0 Å². The van der Waals surface area contributed by atoms with Gasteiger partial charge < -0.3 is 4.90 Å². The van der Waals surface area contributed by atoms with Crippen molar-refractivity contribution in [2.24, 2.45) is 11.8 Å². The molecule has 0 aromatic carbocycles. The van der Waals surface area contributed by atoms with Crippen molar-refractivity contribution in [3.05, 3.63) is 0 Å². The van der Waals surface area contributed by atoms with Crippen molar-refractivity contribution in [1.82, 2.24) is 4.90 Å². The summed E-state index contributed by atoms with van der Waals surface area (Å²) in [6, 6.07) is 0. The first-order valence-corrected chi connectivity index (χ1v) is 8.57. The summed E-state index contributed by atoms with van der Waals surface area (Å²) in [6.07, 6.45) is 14.0. The molecule has 0 radical (unpaired) electrons. The molecular formula is C17H31NO. The molecular weight excluding hydrogens is 234 g/mol. The summed E-state index contributed by atoms with van der Waals surface area (Å²) < 4.78 is 0. The Hall–Kier alpha value is -0.530. The van der Waals surface area contributed by atoms with Gasteiger partial charge in [0.2, 0.25) is 5.91 Å². The summed E-state index contributed by atoms with van der Waals surface area (Å²) in [4.78, 5) is 14.4. The zero-order chi connectivity index (χ0) is 13.5. The minimum Gasteiger partial charge on any atom is -0.343 e. The van der Waals surface area contributed by atoms with E-state index < -0.39 is 0 Å². The number of carbonyl (C=O) groups excluding carboxylic acids is 1. The molecule has 19 heavy (non-hydrogen) atoms. The Balaban J connectivity index is 1.66. The predicted octanol–water partition coefficient (Wildman–Crippen LogP) is 4.39. The quantitative estimate of drug-likeness (QED) is 0.691. The highest BCUT2D eigenvalue weighted by Gasteiger charge is 2.22. The second-order valence-electron chi connectivity index (χ2n) is 6.63. The molecule has 2 fully saturated rings. The number of likely N-dealkylation sites (tertiary alicyclic amines) is 1. The molecule has 0 aromatic rings. The molecule has 0 atom stereocenters. The van der Waals surface area contributed by atoms with Gasteiger partial charge >= 0.3 is 0 Å². The third kappa shape index (κ3) is 4.81. The SMILES string of the molecule is CCC1CCN(C(=O)CCC2CCCCCC2)CC1. The van der Waals surface area contributed by atoms with Crippen molar-refractivity contribution in [2.75, 3.05) is 13.1 Å². The maximum absolute atomic E-state index is 12.2. The smallest absolute Gasteiger partial charge is 0.222 e. The number of hydrogen-bond donors (Lipinski definition) is 0. The van der Waals surface area contributed by atoms with Gasteiger partial charge in [-0.25, -0.2) is 0 Å². The van der Waals surface area contributed by atoms with Gasteiger partial charge in [0.15, 0.2) is 0 Å². The van der Waals surface area contributed by atoms with Crippen LogP contribution in [-0.2, 0) is 4.79 Å². The van der Waals surface area contributed by atoms with E-state index in [4.69, 9.17) is 0 Å². The Morgan fingerprint density at radius 1 is 0.947 bits per heavy atom. The normalized spacial score (nSPS) is 23.3. The summed E-state index contributed by atoms with van der Waals surface area (Å²) in [5.41, 5.74) is 0. The van der Waals surface area contributed by atoms with Crippen LogP contribution in [0.2, 0.25) is 0 Å². The fourth-order valence-corrected chi connectivity index (χ4v) is 3.73. The zero-order valence-electron chi connectivity index (χ0n) is 12.7. The fourth-order valence-electron chi connectivity index (χ4n) is 3.73. The lowest BCUT2D eigenvalue weighted by atomic mass is 9.92. The summed E-state index contributed by atoms with van der Waals surface area (Å²) in [7, 11) is 0. The van der Waals surface area contributed by atoms with Crippen LogP contribution < -0.4 is 0 Å². The van der Waals surface area contributed by atoms with Gasteiger partial charge in [0.05, 0.1) is 0 Å². The molecule has 1 aliphatic carbocycles. The van der Waals surface area contributed by atoms with E-state index in [0.717, 1.165) is 37.8 Å². The van der Waals surface area contributed by atoms with E-state index in [1.165, 1.54) is 57.8 Å². The molecule has 110 valence electrons. The topological polar surface area (TPSA) is 20.3 Å². The first kappa shape index (κ1) is 14.9.